The lowest BCUT2D eigenvalue weighted by Gasteiger charge is -2.14. The molecule has 0 saturated heterocycles. The van der Waals surface area contributed by atoms with Crippen molar-refractivity contribution >= 4 is 5.91 Å². The number of carbonyl (C=O) groups excluding carboxylic acids is 1. The van der Waals surface area contributed by atoms with Crippen LogP contribution in [-0.4, -0.2) is 36.2 Å². The molecular formula is C11H24N2O2. The second kappa shape index (κ2) is 7.65. The maximum absolute atomic E-state index is 11.2. The van der Waals surface area contributed by atoms with E-state index in [2.05, 4.69) is 24.5 Å². The van der Waals surface area contributed by atoms with Gasteiger partial charge in [0.05, 0.1) is 12.6 Å². The number of hydrogen-bond acceptors (Lipinski definition) is 3. The van der Waals surface area contributed by atoms with E-state index in [4.69, 9.17) is 0 Å². The average Bonchev–Trinajstić information content (AvgIpc) is 2.00. The van der Waals surface area contributed by atoms with Gasteiger partial charge in [-0.25, -0.2) is 0 Å². The van der Waals surface area contributed by atoms with Crippen LogP contribution in [0.4, 0.5) is 0 Å². The second-order valence-electron chi connectivity index (χ2n) is 4.64. The molecule has 0 bridgehead atoms. The van der Waals surface area contributed by atoms with Crippen LogP contribution >= 0.6 is 0 Å². The van der Waals surface area contributed by atoms with Crippen LogP contribution in [0, 0.1) is 5.92 Å². The van der Waals surface area contributed by atoms with Crippen molar-refractivity contribution in [2.75, 3.05) is 13.1 Å². The van der Waals surface area contributed by atoms with Gasteiger partial charge >= 0.3 is 0 Å². The fraction of sp³-hybridized carbons (Fsp3) is 0.909. The first kappa shape index (κ1) is 14.4. The molecule has 90 valence electrons. The molecule has 4 nitrogen and oxygen atoms in total. The predicted octanol–water partition coefficient (Wildman–Crippen LogP) is 0.508. The van der Waals surface area contributed by atoms with Crippen LogP contribution in [0.25, 0.3) is 0 Å². The number of hydrogen-bond donors (Lipinski definition) is 3. The third-order valence-electron chi connectivity index (χ3n) is 1.86. The Hall–Kier alpha value is -0.610. The van der Waals surface area contributed by atoms with E-state index < -0.39 is 0 Å². The van der Waals surface area contributed by atoms with E-state index in [9.17, 15) is 9.90 Å². The fourth-order valence-corrected chi connectivity index (χ4v) is 1.35. The van der Waals surface area contributed by atoms with Gasteiger partial charge in [-0.05, 0) is 26.2 Å². The summed E-state index contributed by atoms with van der Waals surface area (Å²) in [6, 6.07) is 0.167. The molecule has 0 aliphatic heterocycles. The minimum atomic E-state index is -0.364. The minimum Gasteiger partial charge on any atom is -0.392 e. The summed E-state index contributed by atoms with van der Waals surface area (Å²) >= 11 is 0. The van der Waals surface area contributed by atoms with E-state index in [0.29, 0.717) is 12.5 Å². The Morgan fingerprint density at radius 3 is 2.33 bits per heavy atom. The van der Waals surface area contributed by atoms with Gasteiger partial charge in [0.25, 0.3) is 0 Å². The Labute approximate surface area is 92.4 Å². The van der Waals surface area contributed by atoms with Crippen LogP contribution in [0.3, 0.4) is 0 Å². The Balaban J connectivity index is 3.48. The van der Waals surface area contributed by atoms with Gasteiger partial charge in [-0.3, -0.25) is 4.79 Å². The predicted molar refractivity (Wildman–Crippen MR) is 61.6 cm³/mol. The van der Waals surface area contributed by atoms with Gasteiger partial charge in [-0.2, -0.15) is 0 Å². The molecule has 0 radical (unpaired) electrons. The zero-order valence-electron chi connectivity index (χ0n) is 10.2. The molecule has 1 amide bonds. The molecule has 0 saturated carbocycles. The zero-order chi connectivity index (χ0) is 11.8. The summed E-state index contributed by atoms with van der Waals surface area (Å²) < 4.78 is 0. The highest BCUT2D eigenvalue weighted by molar-refractivity contribution is 5.78. The van der Waals surface area contributed by atoms with E-state index >= 15 is 0 Å². The highest BCUT2D eigenvalue weighted by Crippen LogP contribution is 2.02. The maximum Gasteiger partial charge on any atom is 0.234 e. The molecule has 0 spiro atoms. The number of carbonyl (C=O) groups is 1. The van der Waals surface area contributed by atoms with Crippen molar-refractivity contribution in [2.45, 2.75) is 46.3 Å². The van der Waals surface area contributed by atoms with E-state index in [0.717, 1.165) is 6.42 Å². The van der Waals surface area contributed by atoms with Gasteiger partial charge in [0.1, 0.15) is 0 Å². The summed E-state index contributed by atoms with van der Waals surface area (Å²) in [5.41, 5.74) is 0. The van der Waals surface area contributed by atoms with Crippen LogP contribution in [0.15, 0.2) is 0 Å². The summed E-state index contributed by atoms with van der Waals surface area (Å²) in [6.45, 7) is 8.72. The van der Waals surface area contributed by atoms with Crippen molar-refractivity contribution in [3.8, 4) is 0 Å². The molecule has 0 heterocycles. The fourth-order valence-electron chi connectivity index (χ4n) is 1.35. The highest BCUT2D eigenvalue weighted by atomic mass is 16.3. The largest absolute Gasteiger partial charge is 0.392 e. The third-order valence-corrected chi connectivity index (χ3v) is 1.86. The number of amides is 1. The molecular weight excluding hydrogens is 192 g/mol. The molecule has 0 fully saturated rings. The SMILES string of the molecule is CC(C)CC(O)CNCC(=O)NC(C)C. The molecule has 1 unspecified atom stereocenters. The maximum atomic E-state index is 11.2. The van der Waals surface area contributed by atoms with Crippen LogP contribution < -0.4 is 10.6 Å². The summed E-state index contributed by atoms with van der Waals surface area (Å²) in [4.78, 5) is 11.2. The van der Waals surface area contributed by atoms with Crippen LogP contribution in [0.5, 0.6) is 0 Å². The van der Waals surface area contributed by atoms with Gasteiger partial charge in [0.15, 0.2) is 0 Å². The summed E-state index contributed by atoms with van der Waals surface area (Å²) in [5, 5.41) is 15.2. The quantitative estimate of drug-likeness (QED) is 0.581. The Bertz CT molecular complexity index is 181. The molecule has 0 aromatic rings. The normalized spacial score (nSPS) is 13.3. The Morgan fingerprint density at radius 1 is 1.27 bits per heavy atom. The number of rotatable bonds is 7. The second-order valence-corrected chi connectivity index (χ2v) is 4.64. The first-order valence-corrected chi connectivity index (χ1v) is 5.60. The van der Waals surface area contributed by atoms with Gasteiger partial charge in [-0.15, -0.1) is 0 Å². The number of aliphatic hydroxyl groups excluding tert-OH is 1. The molecule has 0 aromatic carbocycles. The average molecular weight is 216 g/mol. The van der Waals surface area contributed by atoms with E-state index in [1.807, 2.05) is 13.8 Å². The van der Waals surface area contributed by atoms with E-state index in [1.165, 1.54) is 0 Å². The first-order valence-electron chi connectivity index (χ1n) is 5.60. The first-order chi connectivity index (χ1) is 6.91. The smallest absolute Gasteiger partial charge is 0.234 e. The van der Waals surface area contributed by atoms with Crippen LogP contribution in [-0.2, 0) is 4.79 Å². The highest BCUT2D eigenvalue weighted by Gasteiger charge is 2.07. The summed E-state index contributed by atoms with van der Waals surface area (Å²) in [6.07, 6.45) is 0.399. The third kappa shape index (κ3) is 9.69. The Kier molecular flexibility index (Phi) is 7.34. The van der Waals surface area contributed by atoms with Crippen molar-refractivity contribution in [1.82, 2.24) is 10.6 Å². The van der Waals surface area contributed by atoms with Crippen molar-refractivity contribution in [1.29, 1.82) is 0 Å². The molecule has 0 aromatic heterocycles. The van der Waals surface area contributed by atoms with Gasteiger partial charge in [0.2, 0.25) is 5.91 Å². The van der Waals surface area contributed by atoms with E-state index in [-0.39, 0.29) is 24.6 Å². The summed E-state index contributed by atoms with van der Waals surface area (Å²) in [7, 11) is 0. The topological polar surface area (TPSA) is 61.4 Å². The molecule has 0 aliphatic carbocycles. The standard InChI is InChI=1S/C11H24N2O2/c1-8(2)5-10(14)6-12-7-11(15)13-9(3)4/h8-10,12,14H,5-7H2,1-4H3,(H,13,15). The molecule has 1 atom stereocenters. The monoisotopic (exact) mass is 216 g/mol. The van der Waals surface area contributed by atoms with Gasteiger partial charge < -0.3 is 15.7 Å². The van der Waals surface area contributed by atoms with Crippen LogP contribution in [0.2, 0.25) is 0 Å². The van der Waals surface area contributed by atoms with Crippen molar-refractivity contribution < 1.29 is 9.90 Å². The van der Waals surface area contributed by atoms with Gasteiger partial charge in [0, 0.05) is 12.6 Å². The lowest BCUT2D eigenvalue weighted by Crippen LogP contribution is -2.40. The molecule has 0 aliphatic rings. The van der Waals surface area contributed by atoms with Crippen molar-refractivity contribution in [3.63, 3.8) is 0 Å². The molecule has 0 rings (SSSR count). The van der Waals surface area contributed by atoms with Crippen LogP contribution in [0.1, 0.15) is 34.1 Å². The summed E-state index contributed by atoms with van der Waals surface area (Å²) in [5.74, 6) is 0.452. The number of nitrogens with one attached hydrogen (secondary N) is 2. The lowest BCUT2D eigenvalue weighted by molar-refractivity contribution is -0.120. The Morgan fingerprint density at radius 2 is 1.87 bits per heavy atom. The molecule has 4 heteroatoms. The van der Waals surface area contributed by atoms with E-state index in [1.54, 1.807) is 0 Å². The minimum absolute atomic E-state index is 0.0262. The zero-order valence-corrected chi connectivity index (χ0v) is 10.2. The molecule has 15 heavy (non-hydrogen) atoms. The molecule has 3 N–H and O–H groups in total. The van der Waals surface area contributed by atoms with Crippen molar-refractivity contribution in [2.24, 2.45) is 5.92 Å². The van der Waals surface area contributed by atoms with Crippen molar-refractivity contribution in [3.05, 3.63) is 0 Å². The van der Waals surface area contributed by atoms with Gasteiger partial charge in [-0.1, -0.05) is 13.8 Å². The number of aliphatic hydroxyl groups is 1. The lowest BCUT2D eigenvalue weighted by atomic mass is 10.1.